The lowest BCUT2D eigenvalue weighted by molar-refractivity contribution is 0.0963. The minimum atomic E-state index is -0.477. The van der Waals surface area contributed by atoms with E-state index in [2.05, 4.69) is 0 Å². The van der Waals surface area contributed by atoms with Crippen LogP contribution < -0.4 is 4.74 Å². The zero-order valence-corrected chi connectivity index (χ0v) is 12.7. The number of carbonyl (C=O) groups excluding carboxylic acids is 1. The summed E-state index contributed by atoms with van der Waals surface area (Å²) in [5.41, 5.74) is 2.87. The second kappa shape index (κ2) is 5.30. The van der Waals surface area contributed by atoms with Crippen LogP contribution in [0.2, 0.25) is 0 Å². The molecule has 0 amide bonds. The van der Waals surface area contributed by atoms with Crippen molar-refractivity contribution < 1.29 is 13.9 Å². The Bertz CT molecular complexity index is 866. The fourth-order valence-corrected chi connectivity index (χ4v) is 2.70. The van der Waals surface area contributed by atoms with Gasteiger partial charge < -0.3 is 4.74 Å². The van der Waals surface area contributed by atoms with Gasteiger partial charge in [-0.15, -0.1) is 0 Å². The Morgan fingerprint density at radius 1 is 1.14 bits per heavy atom. The van der Waals surface area contributed by atoms with Gasteiger partial charge in [-0.3, -0.25) is 9.36 Å². The van der Waals surface area contributed by atoms with E-state index in [4.69, 9.17) is 4.74 Å². The summed E-state index contributed by atoms with van der Waals surface area (Å²) in [6.45, 7) is 3.78. The summed E-state index contributed by atoms with van der Waals surface area (Å²) in [7, 11) is 1.43. The van der Waals surface area contributed by atoms with E-state index in [1.54, 1.807) is 22.8 Å². The normalized spacial score (nSPS) is 10.9. The van der Waals surface area contributed by atoms with Gasteiger partial charge in [0.2, 0.25) is 0 Å². The third-order valence-corrected chi connectivity index (χ3v) is 4.02. The summed E-state index contributed by atoms with van der Waals surface area (Å²) < 4.78 is 20.6. The van der Waals surface area contributed by atoms with Crippen LogP contribution >= 0.6 is 0 Å². The van der Waals surface area contributed by atoms with Gasteiger partial charge in [-0.25, -0.2) is 4.39 Å². The Balaban J connectivity index is 2.28. The summed E-state index contributed by atoms with van der Waals surface area (Å²) in [4.78, 5) is 12.8. The molecular weight excluding hydrogens is 281 g/mol. The van der Waals surface area contributed by atoms with E-state index in [0.717, 1.165) is 16.6 Å². The predicted octanol–water partition coefficient (Wildman–Crippen LogP) is 4.09. The first-order chi connectivity index (χ1) is 10.5. The van der Waals surface area contributed by atoms with E-state index < -0.39 is 5.82 Å². The van der Waals surface area contributed by atoms with Crippen LogP contribution in [0.25, 0.3) is 10.9 Å². The number of nitrogens with zero attached hydrogens (tertiary/aromatic N) is 1. The maximum Gasteiger partial charge on any atom is 0.262 e. The third-order valence-electron chi connectivity index (χ3n) is 4.02. The van der Waals surface area contributed by atoms with Crippen molar-refractivity contribution in [1.29, 1.82) is 0 Å². The lowest BCUT2D eigenvalue weighted by Gasteiger charge is -2.08. The van der Waals surface area contributed by atoms with E-state index in [9.17, 15) is 9.18 Å². The average Bonchev–Trinajstić information content (AvgIpc) is 2.77. The maximum atomic E-state index is 14.1. The number of rotatable bonds is 2. The summed E-state index contributed by atoms with van der Waals surface area (Å²) in [5.74, 6) is -0.463. The summed E-state index contributed by atoms with van der Waals surface area (Å²) in [5, 5.41) is 0.819. The Morgan fingerprint density at radius 3 is 2.45 bits per heavy atom. The first kappa shape index (κ1) is 14.3. The smallest absolute Gasteiger partial charge is 0.262 e. The monoisotopic (exact) mass is 297 g/mol. The number of methoxy groups -OCH3 is 1. The molecule has 0 N–H and O–H groups in total. The van der Waals surface area contributed by atoms with Crippen molar-refractivity contribution in [3.05, 3.63) is 65.1 Å². The summed E-state index contributed by atoms with van der Waals surface area (Å²) in [6, 6.07) is 12.0. The van der Waals surface area contributed by atoms with E-state index in [1.165, 1.54) is 13.2 Å². The molecule has 0 saturated carbocycles. The molecule has 0 spiro atoms. The first-order valence-corrected chi connectivity index (χ1v) is 6.99. The van der Waals surface area contributed by atoms with Crippen LogP contribution in [0, 0.1) is 19.7 Å². The Labute approximate surface area is 127 Å². The number of fused-ring (bicyclic) bond motifs is 1. The minimum absolute atomic E-state index is 0.166. The van der Waals surface area contributed by atoms with Crippen LogP contribution in [0.5, 0.6) is 5.75 Å². The highest BCUT2D eigenvalue weighted by molar-refractivity contribution is 6.04. The molecular formula is C18H16FNO2. The van der Waals surface area contributed by atoms with Gasteiger partial charge in [-0.2, -0.15) is 0 Å². The molecule has 3 nitrogen and oxygen atoms in total. The van der Waals surface area contributed by atoms with Crippen molar-refractivity contribution in [2.24, 2.45) is 0 Å². The van der Waals surface area contributed by atoms with Crippen molar-refractivity contribution in [1.82, 2.24) is 4.57 Å². The average molecular weight is 297 g/mol. The van der Waals surface area contributed by atoms with Gasteiger partial charge in [0.25, 0.3) is 5.91 Å². The molecule has 2 aromatic carbocycles. The number of ether oxygens (including phenoxy) is 1. The van der Waals surface area contributed by atoms with Gasteiger partial charge in [0.15, 0.2) is 11.6 Å². The van der Waals surface area contributed by atoms with Crippen LogP contribution in [0.1, 0.15) is 21.6 Å². The molecule has 3 aromatic rings. The van der Waals surface area contributed by atoms with Crippen LogP contribution in [-0.4, -0.2) is 17.6 Å². The molecule has 0 bridgehead atoms. The summed E-state index contributed by atoms with van der Waals surface area (Å²) in [6.07, 6.45) is 0. The highest BCUT2D eigenvalue weighted by atomic mass is 19.1. The molecule has 112 valence electrons. The number of halogens is 1. The van der Waals surface area contributed by atoms with Gasteiger partial charge in [0.1, 0.15) is 0 Å². The number of hydrogen-bond donors (Lipinski definition) is 0. The number of carbonyl (C=O) groups is 1. The third kappa shape index (κ3) is 2.08. The van der Waals surface area contributed by atoms with Gasteiger partial charge in [-0.05, 0) is 37.6 Å². The molecule has 22 heavy (non-hydrogen) atoms. The fraction of sp³-hybridized carbons (Fsp3) is 0.167. The Morgan fingerprint density at radius 2 is 1.82 bits per heavy atom. The summed E-state index contributed by atoms with van der Waals surface area (Å²) >= 11 is 0. The van der Waals surface area contributed by atoms with Crippen LogP contribution in [0.3, 0.4) is 0 Å². The number of benzene rings is 2. The molecule has 0 radical (unpaired) electrons. The van der Waals surface area contributed by atoms with Crippen molar-refractivity contribution >= 4 is 16.8 Å². The Hall–Kier alpha value is -2.62. The molecule has 1 aromatic heterocycles. The molecule has 0 saturated heterocycles. The van der Waals surface area contributed by atoms with Crippen LogP contribution in [0.15, 0.2) is 42.5 Å². The highest BCUT2D eigenvalue weighted by Crippen LogP contribution is 2.31. The molecule has 3 rings (SSSR count). The van der Waals surface area contributed by atoms with E-state index in [1.807, 2.05) is 32.0 Å². The quantitative estimate of drug-likeness (QED) is 0.713. The minimum Gasteiger partial charge on any atom is -0.494 e. The zero-order chi connectivity index (χ0) is 15.9. The van der Waals surface area contributed by atoms with E-state index in [0.29, 0.717) is 11.1 Å². The molecule has 0 aliphatic heterocycles. The standard InChI is InChI=1S/C18H16FNO2/c1-11-12(2)20(18(21)13-7-5-4-6-8-13)16-10-15(19)17(22-3)9-14(11)16/h4-10H,1-3H3. The topological polar surface area (TPSA) is 31.2 Å². The van der Waals surface area contributed by atoms with Crippen molar-refractivity contribution in [2.45, 2.75) is 13.8 Å². The lowest BCUT2D eigenvalue weighted by Crippen LogP contribution is -2.13. The van der Waals surface area contributed by atoms with E-state index >= 15 is 0 Å². The van der Waals surface area contributed by atoms with Gasteiger partial charge >= 0.3 is 0 Å². The number of aromatic nitrogens is 1. The maximum absolute atomic E-state index is 14.1. The first-order valence-electron chi connectivity index (χ1n) is 6.99. The SMILES string of the molecule is COc1cc2c(C)c(C)n(C(=O)c3ccccc3)c2cc1F. The molecule has 1 heterocycles. The number of hydrogen-bond acceptors (Lipinski definition) is 2. The largest absolute Gasteiger partial charge is 0.494 e. The van der Waals surface area contributed by atoms with Gasteiger partial charge in [0, 0.05) is 22.7 Å². The number of aryl methyl sites for hydroxylation is 1. The predicted molar refractivity (Wildman–Crippen MR) is 84.1 cm³/mol. The second-order valence-electron chi connectivity index (χ2n) is 5.22. The van der Waals surface area contributed by atoms with Crippen molar-refractivity contribution in [2.75, 3.05) is 7.11 Å². The van der Waals surface area contributed by atoms with Gasteiger partial charge in [-0.1, -0.05) is 18.2 Å². The van der Waals surface area contributed by atoms with Crippen molar-refractivity contribution in [3.63, 3.8) is 0 Å². The second-order valence-corrected chi connectivity index (χ2v) is 5.22. The van der Waals surface area contributed by atoms with Crippen molar-refractivity contribution in [3.8, 4) is 5.75 Å². The van der Waals surface area contributed by atoms with Gasteiger partial charge in [0.05, 0.1) is 12.6 Å². The molecule has 0 aliphatic carbocycles. The molecule has 0 unspecified atom stereocenters. The molecule has 0 aliphatic rings. The lowest BCUT2D eigenvalue weighted by atomic mass is 10.1. The van der Waals surface area contributed by atoms with Crippen LogP contribution in [0.4, 0.5) is 4.39 Å². The molecule has 4 heteroatoms. The fourth-order valence-electron chi connectivity index (χ4n) is 2.70. The van der Waals surface area contributed by atoms with E-state index in [-0.39, 0.29) is 11.7 Å². The zero-order valence-electron chi connectivity index (χ0n) is 12.7. The Kier molecular flexibility index (Phi) is 3.45. The highest BCUT2D eigenvalue weighted by Gasteiger charge is 2.19. The molecule has 0 fully saturated rings. The van der Waals surface area contributed by atoms with Crippen LogP contribution in [-0.2, 0) is 0 Å². The molecule has 0 atom stereocenters.